The second kappa shape index (κ2) is 4.97. The van der Waals surface area contributed by atoms with E-state index in [9.17, 15) is 0 Å². The van der Waals surface area contributed by atoms with Crippen molar-refractivity contribution in [2.45, 2.75) is 19.8 Å². The number of hydrogen-bond donors (Lipinski definition) is 1. The van der Waals surface area contributed by atoms with Crippen molar-refractivity contribution in [1.29, 1.82) is 0 Å². The predicted octanol–water partition coefficient (Wildman–Crippen LogP) is 2.82. The third-order valence-electron chi connectivity index (χ3n) is 1.92. The van der Waals surface area contributed by atoms with Crippen molar-refractivity contribution in [3.63, 3.8) is 0 Å². The summed E-state index contributed by atoms with van der Waals surface area (Å²) >= 11 is 0. The van der Waals surface area contributed by atoms with Crippen molar-refractivity contribution in [3.05, 3.63) is 23.8 Å². The van der Waals surface area contributed by atoms with Gasteiger partial charge in [0.05, 0.1) is 7.11 Å². The van der Waals surface area contributed by atoms with E-state index in [4.69, 9.17) is 10.5 Å². The number of benzene rings is 1. The molecule has 0 bridgehead atoms. The van der Waals surface area contributed by atoms with Crippen LogP contribution in [0.1, 0.15) is 25.3 Å². The average molecular weight is 202 g/mol. The molecule has 1 aromatic rings. The Hall–Kier alpha value is -0.890. The zero-order chi connectivity index (χ0) is 9.14. The molecule has 1 aromatic carbocycles. The lowest BCUT2D eigenvalue weighted by molar-refractivity contribution is 0.414. The summed E-state index contributed by atoms with van der Waals surface area (Å²) in [7, 11) is 1.66. The van der Waals surface area contributed by atoms with Crippen LogP contribution >= 0.6 is 12.4 Å². The van der Waals surface area contributed by atoms with Crippen molar-refractivity contribution >= 4 is 18.1 Å². The average Bonchev–Trinajstić information content (AvgIpc) is 2.05. The normalized spacial score (nSPS) is 9.54. The number of anilines is 1. The number of halogens is 1. The van der Waals surface area contributed by atoms with Crippen LogP contribution in [0.25, 0.3) is 0 Å². The van der Waals surface area contributed by atoms with E-state index in [2.05, 4.69) is 13.8 Å². The Morgan fingerprint density at radius 1 is 1.31 bits per heavy atom. The van der Waals surface area contributed by atoms with Gasteiger partial charge >= 0.3 is 0 Å². The Bertz CT molecular complexity index is 274. The minimum absolute atomic E-state index is 0. The quantitative estimate of drug-likeness (QED) is 0.747. The zero-order valence-electron chi connectivity index (χ0n) is 8.20. The highest BCUT2D eigenvalue weighted by atomic mass is 35.5. The van der Waals surface area contributed by atoms with E-state index >= 15 is 0 Å². The van der Waals surface area contributed by atoms with Gasteiger partial charge in [-0.1, -0.05) is 13.8 Å². The molecule has 1 rings (SSSR count). The molecule has 0 saturated carbocycles. The van der Waals surface area contributed by atoms with E-state index in [1.165, 1.54) is 0 Å². The van der Waals surface area contributed by atoms with E-state index < -0.39 is 0 Å². The van der Waals surface area contributed by atoms with E-state index in [-0.39, 0.29) is 12.4 Å². The lowest BCUT2D eigenvalue weighted by Gasteiger charge is -2.10. The van der Waals surface area contributed by atoms with Crippen molar-refractivity contribution in [3.8, 4) is 5.75 Å². The van der Waals surface area contributed by atoms with E-state index in [1.54, 1.807) is 7.11 Å². The van der Waals surface area contributed by atoms with Crippen molar-refractivity contribution in [1.82, 2.24) is 0 Å². The standard InChI is InChI=1S/C10H15NO.ClH/c1-7(2)9-6-8(12-3)4-5-10(9)11;/h4-7H,11H2,1-3H3;1H. The molecule has 0 heterocycles. The van der Waals surface area contributed by atoms with Gasteiger partial charge in [0.25, 0.3) is 0 Å². The highest BCUT2D eigenvalue weighted by Gasteiger charge is 2.04. The van der Waals surface area contributed by atoms with Gasteiger partial charge in [0.15, 0.2) is 0 Å². The van der Waals surface area contributed by atoms with Gasteiger partial charge in [-0.2, -0.15) is 0 Å². The zero-order valence-corrected chi connectivity index (χ0v) is 9.02. The Balaban J connectivity index is 0.00000144. The fourth-order valence-electron chi connectivity index (χ4n) is 1.18. The fraction of sp³-hybridized carbons (Fsp3) is 0.400. The van der Waals surface area contributed by atoms with Crippen LogP contribution in [0.5, 0.6) is 5.75 Å². The highest BCUT2D eigenvalue weighted by Crippen LogP contribution is 2.25. The maximum absolute atomic E-state index is 5.79. The number of nitrogens with two attached hydrogens (primary N) is 1. The Kier molecular flexibility index (Phi) is 4.63. The van der Waals surface area contributed by atoms with Crippen molar-refractivity contribution in [2.75, 3.05) is 12.8 Å². The van der Waals surface area contributed by atoms with Crippen LogP contribution in [0.2, 0.25) is 0 Å². The smallest absolute Gasteiger partial charge is 0.119 e. The molecule has 74 valence electrons. The number of hydrogen-bond acceptors (Lipinski definition) is 2. The summed E-state index contributed by atoms with van der Waals surface area (Å²) in [6.45, 7) is 4.23. The molecule has 3 heteroatoms. The van der Waals surface area contributed by atoms with Gasteiger partial charge in [-0.25, -0.2) is 0 Å². The summed E-state index contributed by atoms with van der Waals surface area (Å²) in [5, 5.41) is 0. The summed E-state index contributed by atoms with van der Waals surface area (Å²) in [6.07, 6.45) is 0. The maximum atomic E-state index is 5.79. The molecular weight excluding hydrogens is 186 g/mol. The molecule has 13 heavy (non-hydrogen) atoms. The molecule has 0 unspecified atom stereocenters. The minimum Gasteiger partial charge on any atom is -0.497 e. The van der Waals surface area contributed by atoms with Gasteiger partial charge in [-0.15, -0.1) is 12.4 Å². The third-order valence-corrected chi connectivity index (χ3v) is 1.92. The first-order valence-corrected chi connectivity index (χ1v) is 4.08. The first-order valence-electron chi connectivity index (χ1n) is 4.08. The second-order valence-corrected chi connectivity index (χ2v) is 3.15. The molecule has 2 N–H and O–H groups in total. The van der Waals surface area contributed by atoms with Crippen LogP contribution in [0, 0.1) is 0 Å². The van der Waals surface area contributed by atoms with E-state index in [0.717, 1.165) is 17.0 Å². The van der Waals surface area contributed by atoms with Gasteiger partial charge in [-0.3, -0.25) is 0 Å². The molecule has 0 aromatic heterocycles. The van der Waals surface area contributed by atoms with Gasteiger partial charge in [0.2, 0.25) is 0 Å². The fourth-order valence-corrected chi connectivity index (χ4v) is 1.18. The Morgan fingerprint density at radius 3 is 2.38 bits per heavy atom. The van der Waals surface area contributed by atoms with Crippen molar-refractivity contribution in [2.24, 2.45) is 0 Å². The van der Waals surface area contributed by atoms with Crippen LogP contribution < -0.4 is 10.5 Å². The molecule has 0 aliphatic carbocycles. The molecule has 0 amide bonds. The van der Waals surface area contributed by atoms with Gasteiger partial charge in [-0.05, 0) is 29.7 Å². The molecule has 0 atom stereocenters. The number of methoxy groups -OCH3 is 1. The SMILES string of the molecule is COc1ccc(N)c(C(C)C)c1.Cl. The van der Waals surface area contributed by atoms with Gasteiger partial charge < -0.3 is 10.5 Å². The molecule has 0 aliphatic rings. The predicted molar refractivity (Wildman–Crippen MR) is 58.7 cm³/mol. The molecule has 0 radical (unpaired) electrons. The van der Waals surface area contributed by atoms with E-state index in [0.29, 0.717) is 5.92 Å². The lowest BCUT2D eigenvalue weighted by atomic mass is 10.0. The van der Waals surface area contributed by atoms with Crippen LogP contribution in [0.3, 0.4) is 0 Å². The third kappa shape index (κ3) is 2.81. The number of ether oxygens (including phenoxy) is 1. The van der Waals surface area contributed by atoms with Gasteiger partial charge in [0.1, 0.15) is 5.75 Å². The highest BCUT2D eigenvalue weighted by molar-refractivity contribution is 5.85. The summed E-state index contributed by atoms with van der Waals surface area (Å²) < 4.78 is 5.10. The molecule has 0 aliphatic heterocycles. The minimum atomic E-state index is 0. The number of nitrogen functional groups attached to an aromatic ring is 1. The summed E-state index contributed by atoms with van der Waals surface area (Å²) in [4.78, 5) is 0. The van der Waals surface area contributed by atoms with Crippen LogP contribution in [-0.4, -0.2) is 7.11 Å². The number of rotatable bonds is 2. The largest absolute Gasteiger partial charge is 0.497 e. The van der Waals surface area contributed by atoms with E-state index in [1.807, 2.05) is 18.2 Å². The first-order chi connectivity index (χ1) is 5.65. The summed E-state index contributed by atoms with van der Waals surface area (Å²) in [5.41, 5.74) is 7.78. The molecule has 0 spiro atoms. The van der Waals surface area contributed by atoms with Crippen LogP contribution in [0.4, 0.5) is 5.69 Å². The molecule has 0 saturated heterocycles. The Labute approximate surface area is 85.5 Å². The monoisotopic (exact) mass is 201 g/mol. The first kappa shape index (κ1) is 12.1. The maximum Gasteiger partial charge on any atom is 0.119 e. The molecule has 2 nitrogen and oxygen atoms in total. The lowest BCUT2D eigenvalue weighted by Crippen LogP contribution is -1.96. The van der Waals surface area contributed by atoms with Crippen LogP contribution in [0.15, 0.2) is 18.2 Å². The summed E-state index contributed by atoms with van der Waals surface area (Å²) in [6, 6.07) is 5.75. The summed E-state index contributed by atoms with van der Waals surface area (Å²) in [5.74, 6) is 1.31. The topological polar surface area (TPSA) is 35.2 Å². The Morgan fingerprint density at radius 2 is 1.92 bits per heavy atom. The molecule has 0 fully saturated rings. The van der Waals surface area contributed by atoms with Crippen LogP contribution in [-0.2, 0) is 0 Å². The molecular formula is C10H16ClNO. The second-order valence-electron chi connectivity index (χ2n) is 3.15. The van der Waals surface area contributed by atoms with Gasteiger partial charge in [0, 0.05) is 5.69 Å². The van der Waals surface area contributed by atoms with Crippen molar-refractivity contribution < 1.29 is 4.74 Å².